The molecule has 1 aromatic carbocycles. The zero-order valence-corrected chi connectivity index (χ0v) is 16.5. The van der Waals surface area contributed by atoms with Gasteiger partial charge in [0.25, 0.3) is 0 Å². The van der Waals surface area contributed by atoms with Gasteiger partial charge in [0.05, 0.1) is 24.2 Å². The molecule has 3 heterocycles. The number of ether oxygens (including phenoxy) is 1. The molecule has 29 heavy (non-hydrogen) atoms. The molecular weight excluding hydrogens is 366 g/mol. The standard InChI is InChI=1S/C22H25N5O2/c1-29-16-8-5-15(6-9-16)7-12-20(28)27-13-3-2-4-19(27)18-11-10-17-21(23)24-14-25-22(17)26-18/h5-6,8-11,14,19H,2-4,7,12-13H2,1H3,(H2,23,24,25,26)/t19-/m1/s1. The van der Waals surface area contributed by atoms with Crippen LogP contribution < -0.4 is 10.5 Å². The van der Waals surface area contributed by atoms with Crippen molar-refractivity contribution in [2.75, 3.05) is 19.4 Å². The molecule has 0 aliphatic carbocycles. The van der Waals surface area contributed by atoms with Gasteiger partial charge in [-0.1, -0.05) is 12.1 Å². The molecule has 1 saturated heterocycles. The monoisotopic (exact) mass is 391 g/mol. The first-order valence-electron chi connectivity index (χ1n) is 9.95. The summed E-state index contributed by atoms with van der Waals surface area (Å²) < 4.78 is 5.19. The number of likely N-dealkylation sites (tertiary alicyclic amines) is 1. The lowest BCUT2D eigenvalue weighted by atomic mass is 9.97. The van der Waals surface area contributed by atoms with Crippen LogP contribution in [0.2, 0.25) is 0 Å². The number of piperidine rings is 1. The number of nitrogen functional groups attached to an aromatic ring is 1. The molecule has 2 aromatic heterocycles. The van der Waals surface area contributed by atoms with Crippen LogP contribution in [0.3, 0.4) is 0 Å². The molecule has 7 nitrogen and oxygen atoms in total. The Labute approximate surface area is 169 Å². The number of hydrogen-bond donors (Lipinski definition) is 1. The number of methoxy groups -OCH3 is 1. The van der Waals surface area contributed by atoms with E-state index in [4.69, 9.17) is 15.5 Å². The van der Waals surface area contributed by atoms with Crippen molar-refractivity contribution in [3.8, 4) is 5.75 Å². The fraction of sp³-hybridized carbons (Fsp3) is 0.364. The minimum atomic E-state index is -0.0206. The van der Waals surface area contributed by atoms with E-state index in [1.165, 1.54) is 6.33 Å². The van der Waals surface area contributed by atoms with E-state index < -0.39 is 0 Å². The van der Waals surface area contributed by atoms with E-state index in [0.29, 0.717) is 24.3 Å². The van der Waals surface area contributed by atoms with E-state index in [9.17, 15) is 4.79 Å². The molecule has 3 aromatic rings. The maximum absolute atomic E-state index is 13.0. The molecule has 0 saturated carbocycles. The van der Waals surface area contributed by atoms with Gasteiger partial charge in [0, 0.05) is 13.0 Å². The van der Waals surface area contributed by atoms with Crippen LogP contribution in [-0.4, -0.2) is 39.4 Å². The van der Waals surface area contributed by atoms with Gasteiger partial charge >= 0.3 is 0 Å². The zero-order chi connectivity index (χ0) is 20.2. The first-order valence-corrected chi connectivity index (χ1v) is 9.95. The number of pyridine rings is 1. The first kappa shape index (κ1) is 19.1. The number of benzene rings is 1. The molecule has 0 spiro atoms. The third-order valence-corrected chi connectivity index (χ3v) is 5.50. The second-order valence-corrected chi connectivity index (χ2v) is 7.31. The Morgan fingerprint density at radius 1 is 1.17 bits per heavy atom. The Morgan fingerprint density at radius 3 is 2.79 bits per heavy atom. The predicted molar refractivity (Wildman–Crippen MR) is 111 cm³/mol. The fourth-order valence-electron chi connectivity index (χ4n) is 3.89. The molecular formula is C22H25N5O2. The molecule has 0 unspecified atom stereocenters. The van der Waals surface area contributed by atoms with Crippen molar-refractivity contribution in [1.82, 2.24) is 19.9 Å². The minimum absolute atomic E-state index is 0.0206. The number of nitrogens with zero attached hydrogens (tertiary/aromatic N) is 4. The molecule has 1 fully saturated rings. The summed E-state index contributed by atoms with van der Waals surface area (Å²) in [5, 5.41) is 0.740. The molecule has 1 amide bonds. The Hall–Kier alpha value is -3.22. The number of carbonyl (C=O) groups excluding carboxylic acids is 1. The second kappa shape index (κ2) is 8.43. The lowest BCUT2D eigenvalue weighted by Gasteiger charge is -2.35. The number of aryl methyl sites for hydroxylation is 1. The van der Waals surface area contributed by atoms with Crippen LogP contribution in [-0.2, 0) is 11.2 Å². The normalized spacial score (nSPS) is 16.7. The van der Waals surface area contributed by atoms with Crippen LogP contribution in [0, 0.1) is 0 Å². The lowest BCUT2D eigenvalue weighted by molar-refractivity contribution is -0.135. The van der Waals surface area contributed by atoms with E-state index >= 15 is 0 Å². The summed E-state index contributed by atoms with van der Waals surface area (Å²) in [6.07, 6.45) is 5.62. The van der Waals surface area contributed by atoms with Crippen LogP contribution in [0.4, 0.5) is 5.82 Å². The van der Waals surface area contributed by atoms with Gasteiger partial charge in [-0.2, -0.15) is 0 Å². The van der Waals surface area contributed by atoms with E-state index in [1.54, 1.807) is 7.11 Å². The quantitative estimate of drug-likeness (QED) is 0.717. The largest absolute Gasteiger partial charge is 0.497 e. The summed E-state index contributed by atoms with van der Waals surface area (Å²) in [6.45, 7) is 0.762. The highest BCUT2D eigenvalue weighted by atomic mass is 16.5. The van der Waals surface area contributed by atoms with Gasteiger partial charge in [-0.15, -0.1) is 0 Å². The number of rotatable bonds is 5. The van der Waals surface area contributed by atoms with Gasteiger partial charge in [0.2, 0.25) is 5.91 Å². The van der Waals surface area contributed by atoms with E-state index in [2.05, 4.69) is 9.97 Å². The maximum atomic E-state index is 13.0. The number of nitrogens with two attached hydrogens (primary N) is 1. The molecule has 7 heteroatoms. The maximum Gasteiger partial charge on any atom is 0.223 e. The van der Waals surface area contributed by atoms with Crippen molar-refractivity contribution >= 4 is 22.8 Å². The number of aromatic nitrogens is 3. The number of amides is 1. The Bertz CT molecular complexity index is 1010. The van der Waals surface area contributed by atoms with E-state index in [-0.39, 0.29) is 11.9 Å². The van der Waals surface area contributed by atoms with Crippen molar-refractivity contribution in [2.24, 2.45) is 0 Å². The van der Waals surface area contributed by atoms with Gasteiger partial charge in [-0.05, 0) is 55.5 Å². The van der Waals surface area contributed by atoms with Crippen molar-refractivity contribution in [2.45, 2.75) is 38.1 Å². The molecule has 1 aliphatic heterocycles. The lowest BCUT2D eigenvalue weighted by Crippen LogP contribution is -2.39. The zero-order valence-electron chi connectivity index (χ0n) is 16.5. The summed E-state index contributed by atoms with van der Waals surface area (Å²) in [7, 11) is 1.65. The Morgan fingerprint density at radius 2 is 2.00 bits per heavy atom. The summed E-state index contributed by atoms with van der Waals surface area (Å²) in [6, 6.07) is 11.7. The molecule has 150 valence electrons. The van der Waals surface area contributed by atoms with Gasteiger partial charge in [0.1, 0.15) is 17.9 Å². The summed E-state index contributed by atoms with van der Waals surface area (Å²) in [4.78, 5) is 27.9. The molecule has 1 aliphatic rings. The average Bonchev–Trinajstić information content (AvgIpc) is 2.78. The molecule has 0 bridgehead atoms. The Balaban J connectivity index is 1.50. The molecule has 1 atom stereocenters. The van der Waals surface area contributed by atoms with Crippen LogP contribution in [0.1, 0.15) is 43.0 Å². The highest BCUT2D eigenvalue weighted by Gasteiger charge is 2.29. The van der Waals surface area contributed by atoms with Gasteiger partial charge in [-0.3, -0.25) is 4.79 Å². The van der Waals surface area contributed by atoms with Crippen LogP contribution in [0.5, 0.6) is 5.75 Å². The SMILES string of the molecule is COc1ccc(CCC(=O)N2CCCC[C@@H]2c2ccc3c(N)ncnc3n2)cc1. The summed E-state index contributed by atoms with van der Waals surface area (Å²) >= 11 is 0. The summed E-state index contributed by atoms with van der Waals surface area (Å²) in [5.74, 6) is 1.41. The fourth-order valence-corrected chi connectivity index (χ4v) is 3.89. The van der Waals surface area contributed by atoms with Gasteiger partial charge < -0.3 is 15.4 Å². The van der Waals surface area contributed by atoms with Crippen molar-refractivity contribution in [1.29, 1.82) is 0 Å². The number of anilines is 1. The van der Waals surface area contributed by atoms with Crippen molar-refractivity contribution < 1.29 is 9.53 Å². The minimum Gasteiger partial charge on any atom is -0.497 e. The third kappa shape index (κ3) is 4.13. The number of hydrogen-bond acceptors (Lipinski definition) is 6. The van der Waals surface area contributed by atoms with Gasteiger partial charge in [0.15, 0.2) is 5.65 Å². The van der Waals surface area contributed by atoms with E-state index in [1.807, 2.05) is 41.3 Å². The summed E-state index contributed by atoms with van der Waals surface area (Å²) in [5.41, 5.74) is 8.48. The predicted octanol–water partition coefficient (Wildman–Crippen LogP) is 3.30. The van der Waals surface area contributed by atoms with Crippen LogP contribution >= 0.6 is 0 Å². The molecule has 4 rings (SSSR count). The Kier molecular flexibility index (Phi) is 5.55. The van der Waals surface area contributed by atoms with Crippen molar-refractivity contribution in [3.63, 3.8) is 0 Å². The number of carbonyl (C=O) groups is 1. The number of fused-ring (bicyclic) bond motifs is 1. The van der Waals surface area contributed by atoms with Crippen LogP contribution in [0.25, 0.3) is 11.0 Å². The van der Waals surface area contributed by atoms with Gasteiger partial charge in [-0.25, -0.2) is 15.0 Å². The van der Waals surface area contributed by atoms with E-state index in [0.717, 1.165) is 48.2 Å². The molecule has 2 N–H and O–H groups in total. The average molecular weight is 391 g/mol. The highest BCUT2D eigenvalue weighted by molar-refractivity contribution is 5.85. The van der Waals surface area contributed by atoms with Crippen molar-refractivity contribution in [3.05, 3.63) is 54.0 Å². The second-order valence-electron chi connectivity index (χ2n) is 7.31. The first-order chi connectivity index (χ1) is 14.2. The highest BCUT2D eigenvalue weighted by Crippen LogP contribution is 2.31. The molecule has 0 radical (unpaired) electrons. The third-order valence-electron chi connectivity index (χ3n) is 5.50. The van der Waals surface area contributed by atoms with Crippen LogP contribution in [0.15, 0.2) is 42.7 Å². The topological polar surface area (TPSA) is 94.2 Å². The smallest absolute Gasteiger partial charge is 0.223 e.